The molecule has 0 unspecified atom stereocenters. The Bertz CT molecular complexity index is 353. The van der Waals surface area contributed by atoms with Crippen LogP contribution in [0.4, 0.5) is 0 Å². The second kappa shape index (κ2) is 7.96. The Morgan fingerprint density at radius 3 is 2.71 bits per heavy atom. The van der Waals surface area contributed by atoms with Crippen molar-refractivity contribution in [2.24, 2.45) is 0 Å². The predicted molar refractivity (Wildman–Crippen MR) is 68.4 cm³/mol. The molecule has 0 heterocycles. The highest BCUT2D eigenvalue weighted by Gasteiger charge is 2.05. The molecule has 1 aromatic carbocycles. The molecule has 0 atom stereocenters. The van der Waals surface area contributed by atoms with Crippen molar-refractivity contribution < 1.29 is 14.3 Å². The average Bonchev–Trinajstić information content (AvgIpc) is 2.38. The summed E-state index contributed by atoms with van der Waals surface area (Å²) < 4.78 is 10.8. The van der Waals surface area contributed by atoms with Crippen LogP contribution in [-0.4, -0.2) is 25.9 Å². The second-order valence-electron chi connectivity index (χ2n) is 3.63. The maximum atomic E-state index is 10.6. The minimum Gasteiger partial charge on any atom is -0.493 e. The maximum Gasteiger partial charge on any atom is 0.161 e. The zero-order valence-electron chi connectivity index (χ0n) is 9.95. The van der Waals surface area contributed by atoms with Crippen LogP contribution in [0.3, 0.4) is 0 Å². The number of benzene rings is 1. The molecule has 0 aliphatic heterocycles. The molecule has 0 bridgehead atoms. The molecule has 0 radical (unpaired) electrons. The fraction of sp³-hybridized carbons (Fsp3) is 0.462. The van der Waals surface area contributed by atoms with Gasteiger partial charge in [-0.1, -0.05) is 0 Å². The molecule has 0 N–H and O–H groups in total. The minimum atomic E-state index is 0.580. The van der Waals surface area contributed by atoms with Crippen LogP contribution in [0, 0.1) is 0 Å². The topological polar surface area (TPSA) is 35.5 Å². The first-order chi connectivity index (χ1) is 8.31. The smallest absolute Gasteiger partial charge is 0.161 e. The normalized spacial score (nSPS) is 10.0. The number of aldehydes is 1. The van der Waals surface area contributed by atoms with E-state index in [1.54, 1.807) is 25.3 Å². The van der Waals surface area contributed by atoms with Crippen LogP contribution in [0.25, 0.3) is 0 Å². The monoisotopic (exact) mass is 256 g/mol. The van der Waals surface area contributed by atoms with E-state index in [0.29, 0.717) is 29.5 Å². The Hall–Kier alpha value is -1.22. The van der Waals surface area contributed by atoms with Crippen LogP contribution < -0.4 is 9.47 Å². The number of unbranched alkanes of at least 4 members (excludes halogenated alkanes) is 2. The SMILES string of the molecule is COc1cc(C=O)ccc1OCCCCCCl. The maximum absolute atomic E-state index is 10.6. The van der Waals surface area contributed by atoms with Crippen molar-refractivity contribution in [3.8, 4) is 11.5 Å². The Balaban J connectivity index is 2.49. The van der Waals surface area contributed by atoms with Gasteiger partial charge < -0.3 is 9.47 Å². The van der Waals surface area contributed by atoms with Crippen molar-refractivity contribution in [1.29, 1.82) is 0 Å². The van der Waals surface area contributed by atoms with Gasteiger partial charge in [0.05, 0.1) is 13.7 Å². The lowest BCUT2D eigenvalue weighted by Crippen LogP contribution is -2.00. The highest BCUT2D eigenvalue weighted by atomic mass is 35.5. The van der Waals surface area contributed by atoms with Gasteiger partial charge in [-0.2, -0.15) is 0 Å². The largest absolute Gasteiger partial charge is 0.493 e. The summed E-state index contributed by atoms with van der Waals surface area (Å²) in [4.78, 5) is 10.6. The van der Waals surface area contributed by atoms with Gasteiger partial charge in [0.25, 0.3) is 0 Å². The lowest BCUT2D eigenvalue weighted by atomic mass is 10.2. The van der Waals surface area contributed by atoms with Crippen molar-refractivity contribution in [1.82, 2.24) is 0 Å². The summed E-state index contributed by atoms with van der Waals surface area (Å²) in [5, 5.41) is 0. The number of alkyl halides is 1. The Morgan fingerprint density at radius 1 is 1.24 bits per heavy atom. The van der Waals surface area contributed by atoms with Crippen molar-refractivity contribution in [2.45, 2.75) is 19.3 Å². The zero-order valence-corrected chi connectivity index (χ0v) is 10.7. The molecule has 17 heavy (non-hydrogen) atoms. The molecule has 0 saturated carbocycles. The predicted octanol–water partition coefficient (Wildman–Crippen LogP) is 3.30. The molecule has 1 rings (SSSR count). The standard InChI is InChI=1S/C13H17ClO3/c1-16-13-9-11(10-15)5-6-12(13)17-8-4-2-3-7-14/h5-6,9-10H,2-4,7-8H2,1H3. The molecule has 0 aromatic heterocycles. The number of hydrogen-bond donors (Lipinski definition) is 0. The van der Waals surface area contributed by atoms with Gasteiger partial charge in [-0.3, -0.25) is 4.79 Å². The molecule has 4 heteroatoms. The van der Waals surface area contributed by atoms with Gasteiger partial charge in [0.15, 0.2) is 11.5 Å². The average molecular weight is 257 g/mol. The summed E-state index contributed by atoms with van der Waals surface area (Å²) in [6.45, 7) is 0.633. The zero-order chi connectivity index (χ0) is 12.5. The Morgan fingerprint density at radius 2 is 2.06 bits per heavy atom. The van der Waals surface area contributed by atoms with Crippen LogP contribution in [0.1, 0.15) is 29.6 Å². The molecule has 0 amide bonds. The summed E-state index contributed by atoms with van der Waals surface area (Å²) in [5.74, 6) is 1.95. The molecular weight excluding hydrogens is 240 g/mol. The van der Waals surface area contributed by atoms with E-state index in [0.717, 1.165) is 25.5 Å². The molecule has 1 aromatic rings. The van der Waals surface area contributed by atoms with Crippen LogP contribution in [-0.2, 0) is 0 Å². The van der Waals surface area contributed by atoms with Gasteiger partial charge in [0, 0.05) is 11.4 Å². The van der Waals surface area contributed by atoms with Gasteiger partial charge in [-0.25, -0.2) is 0 Å². The van der Waals surface area contributed by atoms with E-state index in [2.05, 4.69) is 0 Å². The first-order valence-electron chi connectivity index (χ1n) is 5.63. The number of carbonyl (C=O) groups is 1. The first kappa shape index (κ1) is 13.8. The van der Waals surface area contributed by atoms with Crippen LogP contribution >= 0.6 is 11.6 Å². The third-order valence-corrected chi connectivity index (χ3v) is 2.63. The fourth-order valence-corrected chi connectivity index (χ4v) is 1.62. The van der Waals surface area contributed by atoms with Crippen molar-refractivity contribution in [3.05, 3.63) is 23.8 Å². The first-order valence-corrected chi connectivity index (χ1v) is 6.17. The number of hydrogen-bond acceptors (Lipinski definition) is 3. The van der Waals surface area contributed by atoms with E-state index in [-0.39, 0.29) is 0 Å². The van der Waals surface area contributed by atoms with Gasteiger partial charge in [-0.15, -0.1) is 11.6 Å². The summed E-state index contributed by atoms with van der Waals surface area (Å²) in [6, 6.07) is 5.13. The van der Waals surface area contributed by atoms with Gasteiger partial charge in [0.1, 0.15) is 6.29 Å². The van der Waals surface area contributed by atoms with Gasteiger partial charge >= 0.3 is 0 Å². The molecule has 0 aliphatic rings. The molecule has 0 fully saturated rings. The van der Waals surface area contributed by atoms with E-state index in [1.807, 2.05) is 0 Å². The lowest BCUT2D eigenvalue weighted by Gasteiger charge is -2.10. The second-order valence-corrected chi connectivity index (χ2v) is 4.00. The van der Waals surface area contributed by atoms with E-state index in [4.69, 9.17) is 21.1 Å². The molecule has 0 spiro atoms. The number of halogens is 1. The van der Waals surface area contributed by atoms with Crippen LogP contribution in [0.2, 0.25) is 0 Å². The van der Waals surface area contributed by atoms with Crippen molar-refractivity contribution in [2.75, 3.05) is 19.6 Å². The number of rotatable bonds is 8. The molecule has 3 nitrogen and oxygen atoms in total. The Kier molecular flexibility index (Phi) is 6.48. The Labute approximate surface area is 107 Å². The third kappa shape index (κ3) is 4.65. The van der Waals surface area contributed by atoms with E-state index >= 15 is 0 Å². The lowest BCUT2D eigenvalue weighted by molar-refractivity contribution is 0.112. The van der Waals surface area contributed by atoms with Crippen molar-refractivity contribution in [3.63, 3.8) is 0 Å². The van der Waals surface area contributed by atoms with E-state index in [9.17, 15) is 4.79 Å². The molecule has 0 saturated heterocycles. The van der Waals surface area contributed by atoms with E-state index < -0.39 is 0 Å². The van der Waals surface area contributed by atoms with Crippen LogP contribution in [0.5, 0.6) is 11.5 Å². The third-order valence-electron chi connectivity index (χ3n) is 2.36. The molecule has 94 valence electrons. The van der Waals surface area contributed by atoms with Crippen molar-refractivity contribution >= 4 is 17.9 Å². The summed E-state index contributed by atoms with van der Waals surface area (Å²) in [6.07, 6.45) is 3.81. The summed E-state index contributed by atoms with van der Waals surface area (Å²) in [5.41, 5.74) is 0.580. The summed E-state index contributed by atoms with van der Waals surface area (Å²) in [7, 11) is 1.56. The number of ether oxygens (including phenoxy) is 2. The number of methoxy groups -OCH3 is 1. The summed E-state index contributed by atoms with van der Waals surface area (Å²) >= 11 is 5.58. The minimum absolute atomic E-state index is 0.580. The van der Waals surface area contributed by atoms with Gasteiger partial charge in [-0.05, 0) is 37.5 Å². The quantitative estimate of drug-likeness (QED) is 0.407. The number of carbonyl (C=O) groups excluding carboxylic acids is 1. The van der Waals surface area contributed by atoms with E-state index in [1.165, 1.54) is 0 Å². The van der Waals surface area contributed by atoms with Gasteiger partial charge in [0.2, 0.25) is 0 Å². The fourth-order valence-electron chi connectivity index (χ4n) is 1.43. The molecule has 0 aliphatic carbocycles. The highest BCUT2D eigenvalue weighted by Crippen LogP contribution is 2.27. The highest BCUT2D eigenvalue weighted by molar-refractivity contribution is 6.17. The molecular formula is C13H17ClO3. The van der Waals surface area contributed by atoms with Crippen LogP contribution in [0.15, 0.2) is 18.2 Å².